The summed E-state index contributed by atoms with van der Waals surface area (Å²) in [6, 6.07) is 13.7. The largest absolute Gasteiger partial charge is 0.381 e. The number of hydrogen-bond acceptors (Lipinski definition) is 3. The van der Waals surface area contributed by atoms with Crippen LogP contribution in [0.25, 0.3) is 10.8 Å². The van der Waals surface area contributed by atoms with Crippen LogP contribution in [0.15, 0.2) is 42.5 Å². The highest BCUT2D eigenvalue weighted by molar-refractivity contribution is 5.86. The first kappa shape index (κ1) is 14.0. The molecule has 20 heavy (non-hydrogen) atoms. The lowest BCUT2D eigenvalue weighted by Crippen LogP contribution is -2.40. The first-order chi connectivity index (χ1) is 9.56. The number of carbonyl (C=O) groups excluding carboxylic acids is 2. The quantitative estimate of drug-likeness (QED) is 0.733. The van der Waals surface area contributed by atoms with Crippen molar-refractivity contribution >= 4 is 22.6 Å². The molecule has 1 unspecified atom stereocenters. The predicted octanol–water partition coefficient (Wildman–Crippen LogP) is 0.345. The molecule has 4 N–H and O–H groups in total. The second kappa shape index (κ2) is 6.16. The third-order valence-electron chi connectivity index (χ3n) is 3.00. The summed E-state index contributed by atoms with van der Waals surface area (Å²) in [5.74, 6) is -1.11. The van der Waals surface area contributed by atoms with Crippen LogP contribution in [0.4, 0.5) is 0 Å². The van der Waals surface area contributed by atoms with Crippen LogP contribution in [0.5, 0.6) is 0 Å². The predicted molar refractivity (Wildman–Crippen MR) is 75.9 cm³/mol. The maximum atomic E-state index is 11.7. The van der Waals surface area contributed by atoms with Gasteiger partial charge in [-0.15, -0.1) is 0 Å². The number of amides is 2. The first-order valence-electron chi connectivity index (χ1n) is 6.28. The van der Waals surface area contributed by atoms with Crippen molar-refractivity contribution in [2.75, 3.05) is 6.54 Å². The van der Waals surface area contributed by atoms with Gasteiger partial charge in [0.2, 0.25) is 11.8 Å². The van der Waals surface area contributed by atoms with Gasteiger partial charge in [0.1, 0.15) is 6.10 Å². The zero-order chi connectivity index (χ0) is 14.5. The van der Waals surface area contributed by atoms with E-state index in [2.05, 4.69) is 5.32 Å². The summed E-state index contributed by atoms with van der Waals surface area (Å²) in [7, 11) is 0. The van der Waals surface area contributed by atoms with E-state index in [0.29, 0.717) is 0 Å². The molecule has 0 aliphatic rings. The van der Waals surface area contributed by atoms with Crippen molar-refractivity contribution in [2.24, 2.45) is 5.73 Å². The Bertz CT molecular complexity index is 640. The number of hydrogen-bond donors (Lipinski definition) is 3. The molecule has 0 spiro atoms. The summed E-state index contributed by atoms with van der Waals surface area (Å²) in [6.07, 6.45) is -1.16. The molecule has 5 heteroatoms. The van der Waals surface area contributed by atoms with Crippen LogP contribution in [0.2, 0.25) is 0 Å². The van der Waals surface area contributed by atoms with Gasteiger partial charge in [-0.05, 0) is 16.3 Å². The lowest BCUT2D eigenvalue weighted by molar-refractivity contribution is -0.126. The van der Waals surface area contributed by atoms with Gasteiger partial charge in [-0.3, -0.25) is 9.59 Å². The monoisotopic (exact) mass is 272 g/mol. The summed E-state index contributed by atoms with van der Waals surface area (Å²) in [6.45, 7) is -0.165. The Labute approximate surface area is 116 Å². The highest BCUT2D eigenvalue weighted by Gasteiger charge is 2.12. The van der Waals surface area contributed by atoms with Gasteiger partial charge in [0.25, 0.3) is 0 Å². The average molecular weight is 272 g/mol. The van der Waals surface area contributed by atoms with Crippen molar-refractivity contribution in [3.63, 3.8) is 0 Å². The van der Waals surface area contributed by atoms with Crippen molar-refractivity contribution in [2.45, 2.75) is 12.5 Å². The van der Waals surface area contributed by atoms with Crippen LogP contribution in [0, 0.1) is 0 Å². The third kappa shape index (κ3) is 3.55. The van der Waals surface area contributed by atoms with E-state index < -0.39 is 12.0 Å². The van der Waals surface area contributed by atoms with Gasteiger partial charge in [0.05, 0.1) is 13.0 Å². The highest BCUT2D eigenvalue weighted by atomic mass is 16.3. The Kier molecular flexibility index (Phi) is 4.32. The minimum absolute atomic E-state index is 0.165. The van der Waals surface area contributed by atoms with E-state index in [1.165, 1.54) is 0 Å². The summed E-state index contributed by atoms with van der Waals surface area (Å²) < 4.78 is 0. The maximum absolute atomic E-state index is 11.7. The molecule has 5 nitrogen and oxygen atoms in total. The van der Waals surface area contributed by atoms with E-state index in [1.54, 1.807) is 0 Å². The molecule has 0 aliphatic heterocycles. The number of primary amides is 1. The fourth-order valence-corrected chi connectivity index (χ4v) is 1.91. The zero-order valence-corrected chi connectivity index (χ0v) is 10.9. The fourth-order valence-electron chi connectivity index (χ4n) is 1.91. The second-order valence-electron chi connectivity index (χ2n) is 4.58. The van der Waals surface area contributed by atoms with Gasteiger partial charge in [-0.25, -0.2) is 0 Å². The summed E-state index contributed by atoms with van der Waals surface area (Å²) in [4.78, 5) is 22.3. The minimum atomic E-state index is -1.35. The van der Waals surface area contributed by atoms with Crippen molar-refractivity contribution in [1.82, 2.24) is 5.32 Å². The molecule has 0 radical (unpaired) electrons. The van der Waals surface area contributed by atoms with Gasteiger partial charge in [0.15, 0.2) is 0 Å². The van der Waals surface area contributed by atoms with E-state index in [0.717, 1.165) is 16.3 Å². The number of aliphatic hydroxyl groups is 1. The Morgan fingerprint density at radius 1 is 1.15 bits per heavy atom. The van der Waals surface area contributed by atoms with E-state index in [1.807, 2.05) is 42.5 Å². The maximum Gasteiger partial charge on any atom is 0.248 e. The number of rotatable bonds is 5. The Morgan fingerprint density at radius 2 is 1.85 bits per heavy atom. The molecule has 2 amide bonds. The number of nitrogens with two attached hydrogens (primary N) is 1. The van der Waals surface area contributed by atoms with Gasteiger partial charge >= 0.3 is 0 Å². The van der Waals surface area contributed by atoms with Crippen molar-refractivity contribution in [1.29, 1.82) is 0 Å². The van der Waals surface area contributed by atoms with Crippen LogP contribution >= 0.6 is 0 Å². The SMILES string of the molecule is NC(=O)C(O)CNC(=O)Cc1ccc2ccccc2c1. The number of carbonyl (C=O) groups is 2. The summed E-state index contributed by atoms with van der Waals surface area (Å²) >= 11 is 0. The van der Waals surface area contributed by atoms with Crippen LogP contribution < -0.4 is 11.1 Å². The number of aliphatic hydroxyl groups excluding tert-OH is 1. The Morgan fingerprint density at radius 3 is 2.55 bits per heavy atom. The third-order valence-corrected chi connectivity index (χ3v) is 3.00. The fraction of sp³-hybridized carbons (Fsp3) is 0.200. The van der Waals surface area contributed by atoms with Crippen molar-refractivity contribution in [3.05, 3.63) is 48.0 Å². The van der Waals surface area contributed by atoms with Crippen LogP contribution in [-0.4, -0.2) is 29.6 Å². The molecule has 0 fully saturated rings. The Balaban J connectivity index is 1.97. The van der Waals surface area contributed by atoms with Crippen LogP contribution in [-0.2, 0) is 16.0 Å². The van der Waals surface area contributed by atoms with E-state index in [-0.39, 0.29) is 18.9 Å². The van der Waals surface area contributed by atoms with Gasteiger partial charge in [0, 0.05) is 0 Å². The lowest BCUT2D eigenvalue weighted by Gasteiger charge is -2.09. The first-order valence-corrected chi connectivity index (χ1v) is 6.28. The van der Waals surface area contributed by atoms with Gasteiger partial charge < -0.3 is 16.2 Å². The van der Waals surface area contributed by atoms with Crippen LogP contribution in [0.3, 0.4) is 0 Å². The van der Waals surface area contributed by atoms with E-state index >= 15 is 0 Å². The molecule has 0 aromatic heterocycles. The van der Waals surface area contributed by atoms with Crippen molar-refractivity contribution in [3.8, 4) is 0 Å². The van der Waals surface area contributed by atoms with Crippen LogP contribution in [0.1, 0.15) is 5.56 Å². The molecule has 2 aromatic carbocycles. The molecule has 2 rings (SSSR count). The molecule has 0 saturated heterocycles. The molecule has 0 bridgehead atoms. The second-order valence-corrected chi connectivity index (χ2v) is 4.58. The van der Waals surface area contributed by atoms with E-state index in [4.69, 9.17) is 5.73 Å². The molecule has 0 aliphatic carbocycles. The summed E-state index contributed by atoms with van der Waals surface area (Å²) in [5.41, 5.74) is 5.77. The molecule has 0 heterocycles. The molecule has 1 atom stereocenters. The number of benzene rings is 2. The molecule has 2 aromatic rings. The summed E-state index contributed by atoms with van der Waals surface area (Å²) in [5, 5.41) is 13.8. The lowest BCUT2D eigenvalue weighted by atomic mass is 10.0. The average Bonchev–Trinajstić information content (AvgIpc) is 2.44. The smallest absolute Gasteiger partial charge is 0.248 e. The normalized spacial score (nSPS) is 12.1. The minimum Gasteiger partial charge on any atom is -0.381 e. The van der Waals surface area contributed by atoms with E-state index in [9.17, 15) is 14.7 Å². The molecule has 0 saturated carbocycles. The van der Waals surface area contributed by atoms with Gasteiger partial charge in [-0.1, -0.05) is 42.5 Å². The highest BCUT2D eigenvalue weighted by Crippen LogP contribution is 2.15. The molecule has 104 valence electrons. The molecular formula is C15H16N2O3. The van der Waals surface area contributed by atoms with Gasteiger partial charge in [-0.2, -0.15) is 0 Å². The topological polar surface area (TPSA) is 92.4 Å². The number of nitrogens with one attached hydrogen (secondary N) is 1. The zero-order valence-electron chi connectivity index (χ0n) is 10.9. The van der Waals surface area contributed by atoms with Crippen molar-refractivity contribution < 1.29 is 14.7 Å². The Hall–Kier alpha value is -2.40. The number of fused-ring (bicyclic) bond motifs is 1. The standard InChI is InChI=1S/C15H16N2O3/c16-15(20)13(18)9-17-14(19)8-10-5-6-11-3-1-2-4-12(11)7-10/h1-7,13,18H,8-9H2,(H2,16,20)(H,17,19). The molecular weight excluding hydrogens is 256 g/mol.